The molecule has 4 heteroatoms. The molecule has 4 nitrogen and oxygen atoms in total. The first kappa shape index (κ1) is 17.3. The molecule has 1 N–H and O–H groups in total. The van der Waals surface area contributed by atoms with Gasteiger partial charge in [-0.15, -0.1) is 0 Å². The molecule has 0 radical (unpaired) electrons. The van der Waals surface area contributed by atoms with Gasteiger partial charge in [-0.2, -0.15) is 0 Å². The number of nitrogens with zero attached hydrogens (tertiary/aromatic N) is 1. The highest BCUT2D eigenvalue weighted by molar-refractivity contribution is 5.85. The van der Waals surface area contributed by atoms with E-state index in [1.54, 1.807) is 24.3 Å². The van der Waals surface area contributed by atoms with Crippen molar-refractivity contribution in [3.8, 4) is 0 Å². The number of benzene rings is 2. The number of ether oxygens (including phenoxy) is 1. The number of hydrogen-bond donors (Lipinski definition) is 1. The molecule has 3 aliphatic rings. The normalized spacial score (nSPS) is 26.9. The second-order valence-electron chi connectivity index (χ2n) is 7.52. The SMILES string of the molecule is Cc1ccc(C(O)(C(=O)OC2CN3CCC2CC3)c2ccccc2)cc1. The number of fused-ring (bicyclic) bond motifs is 3. The van der Waals surface area contributed by atoms with E-state index in [1.165, 1.54) is 0 Å². The van der Waals surface area contributed by atoms with Gasteiger partial charge in [0, 0.05) is 6.54 Å². The number of carbonyl (C=O) groups excluding carboxylic acids is 1. The Balaban J connectivity index is 1.66. The van der Waals surface area contributed by atoms with Crippen molar-refractivity contribution >= 4 is 5.97 Å². The quantitative estimate of drug-likeness (QED) is 0.861. The summed E-state index contributed by atoms with van der Waals surface area (Å²) in [7, 11) is 0. The zero-order chi connectivity index (χ0) is 18.1. The average Bonchev–Trinajstić information content (AvgIpc) is 2.69. The number of aliphatic hydroxyl groups is 1. The van der Waals surface area contributed by atoms with E-state index in [0.29, 0.717) is 17.0 Å². The Labute approximate surface area is 154 Å². The lowest BCUT2D eigenvalue weighted by Gasteiger charge is -2.44. The molecule has 2 aromatic rings. The van der Waals surface area contributed by atoms with E-state index >= 15 is 0 Å². The van der Waals surface area contributed by atoms with Crippen molar-refractivity contribution in [2.24, 2.45) is 5.92 Å². The van der Waals surface area contributed by atoms with Gasteiger partial charge in [-0.1, -0.05) is 60.2 Å². The molecule has 3 heterocycles. The molecule has 0 saturated carbocycles. The first-order chi connectivity index (χ1) is 12.6. The molecule has 0 aliphatic carbocycles. The van der Waals surface area contributed by atoms with E-state index in [-0.39, 0.29) is 6.10 Å². The van der Waals surface area contributed by atoms with E-state index in [9.17, 15) is 9.90 Å². The Morgan fingerprint density at radius 2 is 1.65 bits per heavy atom. The summed E-state index contributed by atoms with van der Waals surface area (Å²) in [6.45, 7) is 4.92. The number of esters is 1. The summed E-state index contributed by atoms with van der Waals surface area (Å²) < 4.78 is 5.90. The van der Waals surface area contributed by atoms with Crippen LogP contribution < -0.4 is 0 Å². The Morgan fingerprint density at radius 3 is 2.23 bits per heavy atom. The van der Waals surface area contributed by atoms with E-state index in [0.717, 1.165) is 38.0 Å². The lowest BCUT2D eigenvalue weighted by atomic mass is 9.84. The third kappa shape index (κ3) is 3.04. The zero-order valence-corrected chi connectivity index (χ0v) is 15.1. The van der Waals surface area contributed by atoms with Crippen LogP contribution in [0, 0.1) is 12.8 Å². The smallest absolute Gasteiger partial charge is 0.348 e. The Hall–Kier alpha value is -2.17. The Morgan fingerprint density at radius 1 is 1.04 bits per heavy atom. The monoisotopic (exact) mass is 351 g/mol. The fourth-order valence-electron chi connectivity index (χ4n) is 4.14. The van der Waals surface area contributed by atoms with Crippen molar-refractivity contribution in [3.63, 3.8) is 0 Å². The summed E-state index contributed by atoms with van der Waals surface area (Å²) in [5.74, 6) is -0.173. The largest absolute Gasteiger partial charge is 0.458 e. The van der Waals surface area contributed by atoms with Crippen LogP contribution in [0.25, 0.3) is 0 Å². The summed E-state index contributed by atoms with van der Waals surface area (Å²) in [4.78, 5) is 15.5. The lowest BCUT2D eigenvalue weighted by molar-refractivity contribution is -0.177. The highest BCUT2D eigenvalue weighted by Crippen LogP contribution is 2.35. The minimum Gasteiger partial charge on any atom is -0.458 e. The van der Waals surface area contributed by atoms with Crippen LogP contribution in [0.2, 0.25) is 0 Å². The fraction of sp³-hybridized carbons (Fsp3) is 0.409. The maximum absolute atomic E-state index is 13.2. The number of hydrogen-bond acceptors (Lipinski definition) is 4. The van der Waals surface area contributed by atoms with E-state index in [4.69, 9.17) is 4.74 Å². The summed E-state index contributed by atoms with van der Waals surface area (Å²) >= 11 is 0. The van der Waals surface area contributed by atoms with Gasteiger partial charge in [0.05, 0.1) is 0 Å². The van der Waals surface area contributed by atoms with Gasteiger partial charge in [-0.25, -0.2) is 4.79 Å². The first-order valence-corrected chi connectivity index (χ1v) is 9.36. The number of piperidine rings is 3. The lowest BCUT2D eigenvalue weighted by Crippen LogP contribution is -2.53. The molecule has 0 amide bonds. The molecule has 0 aromatic heterocycles. The summed E-state index contributed by atoms with van der Waals surface area (Å²) in [6.07, 6.45) is 1.99. The molecule has 5 rings (SSSR count). The van der Waals surface area contributed by atoms with Gasteiger partial charge in [0.15, 0.2) is 0 Å². The number of aryl methyl sites for hydroxylation is 1. The minimum atomic E-state index is -1.79. The van der Waals surface area contributed by atoms with Crippen molar-refractivity contribution in [2.75, 3.05) is 19.6 Å². The molecular weight excluding hydrogens is 326 g/mol. The maximum Gasteiger partial charge on any atom is 0.348 e. The molecule has 2 atom stereocenters. The van der Waals surface area contributed by atoms with Crippen LogP contribution >= 0.6 is 0 Å². The van der Waals surface area contributed by atoms with Gasteiger partial charge < -0.3 is 9.84 Å². The van der Waals surface area contributed by atoms with Crippen molar-refractivity contribution in [3.05, 3.63) is 71.3 Å². The van der Waals surface area contributed by atoms with Gasteiger partial charge in [-0.3, -0.25) is 4.90 Å². The molecule has 3 fully saturated rings. The maximum atomic E-state index is 13.2. The molecule has 26 heavy (non-hydrogen) atoms. The van der Waals surface area contributed by atoms with Gasteiger partial charge in [0.2, 0.25) is 5.60 Å². The van der Waals surface area contributed by atoms with Gasteiger partial charge >= 0.3 is 5.97 Å². The van der Waals surface area contributed by atoms with Crippen molar-refractivity contribution in [1.82, 2.24) is 4.90 Å². The van der Waals surface area contributed by atoms with Gasteiger partial charge in [0.25, 0.3) is 0 Å². The second-order valence-corrected chi connectivity index (χ2v) is 7.52. The van der Waals surface area contributed by atoms with Crippen LogP contribution in [0.15, 0.2) is 54.6 Å². The topological polar surface area (TPSA) is 49.8 Å². The van der Waals surface area contributed by atoms with Crippen LogP contribution in [0.3, 0.4) is 0 Å². The molecule has 2 bridgehead atoms. The highest BCUT2D eigenvalue weighted by atomic mass is 16.6. The number of carbonyl (C=O) groups is 1. The van der Waals surface area contributed by atoms with Crippen LogP contribution in [-0.4, -0.2) is 41.7 Å². The predicted molar refractivity (Wildman–Crippen MR) is 99.7 cm³/mol. The Kier molecular flexibility index (Phi) is 4.55. The van der Waals surface area contributed by atoms with Crippen LogP contribution in [0.5, 0.6) is 0 Å². The Bertz CT molecular complexity index is 766. The van der Waals surface area contributed by atoms with E-state index < -0.39 is 11.6 Å². The van der Waals surface area contributed by atoms with E-state index in [1.807, 2.05) is 37.3 Å². The third-order valence-electron chi connectivity index (χ3n) is 5.81. The molecule has 2 aromatic carbocycles. The van der Waals surface area contributed by atoms with Gasteiger partial charge in [-0.05, 0) is 49.9 Å². The van der Waals surface area contributed by atoms with Crippen molar-refractivity contribution in [1.29, 1.82) is 0 Å². The molecule has 136 valence electrons. The molecule has 0 spiro atoms. The predicted octanol–water partition coefficient (Wildman–Crippen LogP) is 2.87. The minimum absolute atomic E-state index is 0.134. The van der Waals surface area contributed by atoms with Crippen LogP contribution in [-0.2, 0) is 15.1 Å². The average molecular weight is 351 g/mol. The second kappa shape index (κ2) is 6.86. The van der Waals surface area contributed by atoms with Crippen molar-refractivity contribution < 1.29 is 14.6 Å². The molecule has 2 unspecified atom stereocenters. The first-order valence-electron chi connectivity index (χ1n) is 9.36. The fourth-order valence-corrected chi connectivity index (χ4v) is 4.14. The van der Waals surface area contributed by atoms with Crippen molar-refractivity contribution in [2.45, 2.75) is 31.5 Å². The summed E-state index contributed by atoms with van der Waals surface area (Å²) in [6, 6.07) is 16.5. The summed E-state index contributed by atoms with van der Waals surface area (Å²) in [5, 5.41) is 11.5. The molecule has 3 aliphatic heterocycles. The molecule has 3 saturated heterocycles. The highest BCUT2D eigenvalue weighted by Gasteiger charge is 2.45. The molecular formula is C22H25NO3. The van der Waals surface area contributed by atoms with Crippen LogP contribution in [0.4, 0.5) is 0 Å². The standard InChI is InChI=1S/C22H25NO3/c1-16-7-9-19(10-8-16)22(25,18-5-3-2-4-6-18)21(24)26-20-15-23-13-11-17(20)12-14-23/h2-10,17,20,25H,11-15H2,1H3. The summed E-state index contributed by atoms with van der Waals surface area (Å²) in [5.41, 5.74) is 0.367. The van der Waals surface area contributed by atoms with E-state index in [2.05, 4.69) is 4.90 Å². The third-order valence-corrected chi connectivity index (χ3v) is 5.81. The number of rotatable bonds is 4. The van der Waals surface area contributed by atoms with Gasteiger partial charge in [0.1, 0.15) is 6.10 Å². The van der Waals surface area contributed by atoms with Crippen LogP contribution in [0.1, 0.15) is 29.5 Å². The zero-order valence-electron chi connectivity index (χ0n) is 15.1.